The Labute approximate surface area is 105 Å². The van der Waals surface area contributed by atoms with Crippen molar-refractivity contribution in [1.82, 2.24) is 4.90 Å². The summed E-state index contributed by atoms with van der Waals surface area (Å²) in [6.45, 7) is 7.60. The Morgan fingerprint density at radius 1 is 1.29 bits per heavy atom. The third-order valence-corrected chi connectivity index (χ3v) is 3.62. The van der Waals surface area contributed by atoms with Gasteiger partial charge in [0.05, 0.1) is 0 Å². The van der Waals surface area contributed by atoms with E-state index in [9.17, 15) is 0 Å². The molecule has 1 unspecified atom stereocenters. The van der Waals surface area contributed by atoms with Crippen LogP contribution in [0.5, 0.6) is 0 Å². The predicted octanol–water partition coefficient (Wildman–Crippen LogP) is 2.56. The highest BCUT2D eigenvalue weighted by Gasteiger charge is 2.24. The molecule has 0 bridgehead atoms. The summed E-state index contributed by atoms with van der Waals surface area (Å²) in [6, 6.07) is 8.77. The van der Waals surface area contributed by atoms with Gasteiger partial charge in [0.15, 0.2) is 0 Å². The fraction of sp³-hybridized carbons (Fsp3) is 0.600. The normalized spacial score (nSPS) is 19.7. The monoisotopic (exact) mass is 232 g/mol. The Hall–Kier alpha value is -0.860. The molecule has 1 aliphatic heterocycles. The summed E-state index contributed by atoms with van der Waals surface area (Å²) in [5.41, 5.74) is 9.29. The summed E-state index contributed by atoms with van der Waals surface area (Å²) in [5, 5.41) is 0. The quantitative estimate of drug-likeness (QED) is 0.864. The van der Waals surface area contributed by atoms with Crippen LogP contribution < -0.4 is 5.73 Å². The Morgan fingerprint density at radius 2 is 2.00 bits per heavy atom. The molecule has 1 aromatic rings. The molecule has 0 spiro atoms. The van der Waals surface area contributed by atoms with Crippen LogP contribution in [0.1, 0.15) is 37.8 Å². The average Bonchev–Trinajstić information content (AvgIpc) is 2.28. The maximum atomic E-state index is 6.34. The van der Waals surface area contributed by atoms with Gasteiger partial charge < -0.3 is 5.73 Å². The fourth-order valence-electron chi connectivity index (χ4n) is 2.85. The minimum absolute atomic E-state index is 0.0406. The SMILES string of the molecule is CCCC(C)(N)CN1CCc2ccccc2C1. The zero-order valence-electron chi connectivity index (χ0n) is 11.1. The summed E-state index contributed by atoms with van der Waals surface area (Å²) in [5.74, 6) is 0. The van der Waals surface area contributed by atoms with E-state index in [1.54, 1.807) is 0 Å². The lowest BCUT2D eigenvalue weighted by atomic mass is 9.94. The molecule has 0 saturated carbocycles. The maximum absolute atomic E-state index is 6.34. The topological polar surface area (TPSA) is 29.3 Å². The highest BCUT2D eigenvalue weighted by Crippen LogP contribution is 2.20. The van der Waals surface area contributed by atoms with E-state index in [0.29, 0.717) is 0 Å². The Bertz CT molecular complexity index is 371. The Morgan fingerprint density at radius 3 is 2.71 bits per heavy atom. The van der Waals surface area contributed by atoms with Crippen LogP contribution in [0.15, 0.2) is 24.3 Å². The molecule has 2 nitrogen and oxygen atoms in total. The van der Waals surface area contributed by atoms with Gasteiger partial charge in [-0.15, -0.1) is 0 Å². The first-order valence-electron chi connectivity index (χ1n) is 6.69. The number of rotatable bonds is 4. The van der Waals surface area contributed by atoms with Crippen LogP contribution >= 0.6 is 0 Å². The van der Waals surface area contributed by atoms with Gasteiger partial charge in [-0.3, -0.25) is 4.90 Å². The fourth-order valence-corrected chi connectivity index (χ4v) is 2.85. The van der Waals surface area contributed by atoms with E-state index in [1.807, 2.05) is 0 Å². The number of fused-ring (bicyclic) bond motifs is 1. The molecule has 1 atom stereocenters. The van der Waals surface area contributed by atoms with Gasteiger partial charge in [0, 0.05) is 25.2 Å². The molecule has 0 amide bonds. The van der Waals surface area contributed by atoms with Crippen molar-refractivity contribution in [3.8, 4) is 0 Å². The number of nitrogens with two attached hydrogens (primary N) is 1. The molecule has 17 heavy (non-hydrogen) atoms. The maximum Gasteiger partial charge on any atom is 0.0254 e. The molecule has 1 aromatic carbocycles. The number of benzene rings is 1. The van der Waals surface area contributed by atoms with Crippen molar-refractivity contribution in [2.45, 2.75) is 45.2 Å². The smallest absolute Gasteiger partial charge is 0.0254 e. The summed E-state index contributed by atoms with van der Waals surface area (Å²) >= 11 is 0. The third-order valence-electron chi connectivity index (χ3n) is 3.62. The predicted molar refractivity (Wildman–Crippen MR) is 72.9 cm³/mol. The largest absolute Gasteiger partial charge is 0.324 e. The molecule has 0 radical (unpaired) electrons. The van der Waals surface area contributed by atoms with Crippen molar-refractivity contribution >= 4 is 0 Å². The van der Waals surface area contributed by atoms with Crippen LogP contribution in [0, 0.1) is 0 Å². The van der Waals surface area contributed by atoms with Crippen LogP contribution in [0.3, 0.4) is 0 Å². The van der Waals surface area contributed by atoms with E-state index in [-0.39, 0.29) is 5.54 Å². The van der Waals surface area contributed by atoms with Crippen LogP contribution in [0.4, 0.5) is 0 Å². The summed E-state index contributed by atoms with van der Waals surface area (Å²) in [7, 11) is 0. The van der Waals surface area contributed by atoms with Crippen LogP contribution in [0.2, 0.25) is 0 Å². The van der Waals surface area contributed by atoms with E-state index < -0.39 is 0 Å². The molecular formula is C15H24N2. The zero-order valence-corrected chi connectivity index (χ0v) is 11.1. The van der Waals surface area contributed by atoms with E-state index >= 15 is 0 Å². The van der Waals surface area contributed by atoms with Gasteiger partial charge in [-0.25, -0.2) is 0 Å². The second kappa shape index (κ2) is 5.19. The first kappa shape index (κ1) is 12.6. The lowest BCUT2D eigenvalue weighted by Gasteiger charge is -2.35. The van der Waals surface area contributed by atoms with Gasteiger partial charge in [0.1, 0.15) is 0 Å². The second-order valence-corrected chi connectivity index (χ2v) is 5.63. The molecule has 1 heterocycles. The summed E-state index contributed by atoms with van der Waals surface area (Å²) in [6.07, 6.45) is 3.43. The van der Waals surface area contributed by atoms with E-state index in [2.05, 4.69) is 43.0 Å². The number of hydrogen-bond acceptors (Lipinski definition) is 2. The first-order valence-corrected chi connectivity index (χ1v) is 6.69. The van der Waals surface area contributed by atoms with Crippen molar-refractivity contribution in [2.24, 2.45) is 5.73 Å². The lowest BCUT2D eigenvalue weighted by Crippen LogP contribution is -2.48. The van der Waals surface area contributed by atoms with Gasteiger partial charge in [-0.1, -0.05) is 37.6 Å². The molecule has 0 fully saturated rings. The molecule has 0 saturated heterocycles. The standard InChI is InChI=1S/C15H24N2/c1-3-9-15(2,16)12-17-10-8-13-6-4-5-7-14(13)11-17/h4-7H,3,8-12,16H2,1-2H3. The van der Waals surface area contributed by atoms with E-state index in [1.165, 1.54) is 17.5 Å². The number of hydrogen-bond donors (Lipinski definition) is 1. The molecule has 0 aliphatic carbocycles. The average molecular weight is 232 g/mol. The molecule has 2 N–H and O–H groups in total. The van der Waals surface area contributed by atoms with Gasteiger partial charge in [0.25, 0.3) is 0 Å². The second-order valence-electron chi connectivity index (χ2n) is 5.63. The molecule has 1 aliphatic rings. The van der Waals surface area contributed by atoms with Crippen molar-refractivity contribution in [3.63, 3.8) is 0 Å². The molecular weight excluding hydrogens is 208 g/mol. The molecule has 2 rings (SSSR count). The van der Waals surface area contributed by atoms with Crippen molar-refractivity contribution < 1.29 is 0 Å². The molecule has 94 valence electrons. The number of nitrogens with zero attached hydrogens (tertiary/aromatic N) is 1. The first-order chi connectivity index (χ1) is 8.11. The molecule has 2 heteroatoms. The molecule has 0 aromatic heterocycles. The van der Waals surface area contributed by atoms with Crippen molar-refractivity contribution in [2.75, 3.05) is 13.1 Å². The van der Waals surface area contributed by atoms with Gasteiger partial charge >= 0.3 is 0 Å². The lowest BCUT2D eigenvalue weighted by molar-refractivity contribution is 0.194. The van der Waals surface area contributed by atoms with Crippen molar-refractivity contribution in [1.29, 1.82) is 0 Å². The summed E-state index contributed by atoms with van der Waals surface area (Å²) < 4.78 is 0. The van der Waals surface area contributed by atoms with Gasteiger partial charge in [-0.05, 0) is 30.9 Å². The minimum Gasteiger partial charge on any atom is -0.324 e. The van der Waals surface area contributed by atoms with E-state index in [0.717, 1.165) is 32.5 Å². The Balaban J connectivity index is 1.98. The Kier molecular flexibility index (Phi) is 3.85. The van der Waals surface area contributed by atoms with Gasteiger partial charge in [0.2, 0.25) is 0 Å². The van der Waals surface area contributed by atoms with E-state index in [4.69, 9.17) is 5.73 Å². The van der Waals surface area contributed by atoms with Gasteiger partial charge in [-0.2, -0.15) is 0 Å². The van der Waals surface area contributed by atoms with Crippen LogP contribution in [-0.4, -0.2) is 23.5 Å². The van der Waals surface area contributed by atoms with Crippen LogP contribution in [0.25, 0.3) is 0 Å². The van der Waals surface area contributed by atoms with Crippen LogP contribution in [-0.2, 0) is 13.0 Å². The zero-order chi connectivity index (χ0) is 12.3. The summed E-state index contributed by atoms with van der Waals surface area (Å²) in [4.78, 5) is 2.50. The highest BCUT2D eigenvalue weighted by atomic mass is 15.1. The third kappa shape index (κ3) is 3.30. The minimum atomic E-state index is -0.0406. The highest BCUT2D eigenvalue weighted by molar-refractivity contribution is 5.29. The van der Waals surface area contributed by atoms with Crippen molar-refractivity contribution in [3.05, 3.63) is 35.4 Å².